The number of benzene rings is 2. The van der Waals surface area contributed by atoms with Gasteiger partial charge in [0, 0.05) is 16.2 Å². The Morgan fingerprint density at radius 2 is 1.07 bits per heavy atom. The van der Waals surface area contributed by atoms with Gasteiger partial charge < -0.3 is 19.4 Å². The molecule has 0 aromatic heterocycles. The Morgan fingerprint density at radius 1 is 0.704 bits per heavy atom. The standard InChI is InChI=1S/C19H22B4O4/c1-17(2,20-24)26-22-19(23-27-18(3,4)21-25)15-11-7-5-9-13(15)14-10-6-8-12-16(14)19/h5-12,24-25H,1-4H3. The summed E-state index contributed by atoms with van der Waals surface area (Å²) in [5.41, 5.74) is 2.54. The van der Waals surface area contributed by atoms with Gasteiger partial charge >= 0.3 is 29.9 Å². The Kier molecular flexibility index (Phi) is 5.64. The maximum atomic E-state index is 9.49. The second-order valence-corrected chi connectivity index (χ2v) is 7.90. The van der Waals surface area contributed by atoms with Gasteiger partial charge in [0.15, 0.2) is 0 Å². The molecule has 0 saturated heterocycles. The van der Waals surface area contributed by atoms with E-state index in [1.807, 2.05) is 36.4 Å². The highest BCUT2D eigenvalue weighted by molar-refractivity contribution is 6.59. The van der Waals surface area contributed by atoms with Crippen molar-refractivity contribution in [1.82, 2.24) is 0 Å². The fraction of sp³-hybridized carbons (Fsp3) is 0.368. The predicted octanol–water partition coefficient (Wildman–Crippen LogP) is 1.83. The highest BCUT2D eigenvalue weighted by Crippen LogP contribution is 2.48. The Bertz CT molecular complexity index is 742. The van der Waals surface area contributed by atoms with Gasteiger partial charge in [0.2, 0.25) is 0 Å². The van der Waals surface area contributed by atoms with E-state index in [9.17, 15) is 10.0 Å². The second kappa shape index (κ2) is 7.51. The molecule has 2 N–H and O–H groups in total. The average Bonchev–Trinajstić information content (AvgIpc) is 2.96. The summed E-state index contributed by atoms with van der Waals surface area (Å²) in [5.74, 6) is 0. The number of hydrogen-bond donors (Lipinski definition) is 2. The van der Waals surface area contributed by atoms with Gasteiger partial charge in [-0.3, -0.25) is 0 Å². The van der Waals surface area contributed by atoms with Crippen LogP contribution in [0.4, 0.5) is 0 Å². The van der Waals surface area contributed by atoms with E-state index in [4.69, 9.17) is 9.31 Å². The highest BCUT2D eigenvalue weighted by Gasteiger charge is 2.48. The van der Waals surface area contributed by atoms with Crippen molar-refractivity contribution in [2.45, 2.75) is 43.9 Å². The van der Waals surface area contributed by atoms with Gasteiger partial charge in [-0.25, -0.2) is 0 Å². The van der Waals surface area contributed by atoms with E-state index in [0.717, 1.165) is 37.2 Å². The fourth-order valence-electron chi connectivity index (χ4n) is 3.13. The first-order valence-electron chi connectivity index (χ1n) is 8.96. The summed E-state index contributed by atoms with van der Waals surface area (Å²) in [6.07, 6.45) is 0. The van der Waals surface area contributed by atoms with Crippen LogP contribution in [0.3, 0.4) is 0 Å². The molecule has 27 heavy (non-hydrogen) atoms. The van der Waals surface area contributed by atoms with E-state index in [-0.39, 0.29) is 0 Å². The summed E-state index contributed by atoms with van der Waals surface area (Å²) >= 11 is 0. The van der Waals surface area contributed by atoms with Crippen LogP contribution in [0.1, 0.15) is 38.8 Å². The Balaban J connectivity index is 2.09. The third-order valence-electron chi connectivity index (χ3n) is 4.75. The Hall–Kier alpha value is -1.46. The number of hydrogen-bond acceptors (Lipinski definition) is 4. The molecule has 0 saturated carbocycles. The summed E-state index contributed by atoms with van der Waals surface area (Å²) in [6.45, 7) is 7.10. The summed E-state index contributed by atoms with van der Waals surface area (Å²) in [4.78, 5) is 0. The van der Waals surface area contributed by atoms with Crippen LogP contribution in [0.15, 0.2) is 48.5 Å². The Labute approximate surface area is 164 Å². The first-order chi connectivity index (χ1) is 12.7. The third-order valence-corrected chi connectivity index (χ3v) is 4.75. The monoisotopic (exact) mass is 358 g/mol. The summed E-state index contributed by atoms with van der Waals surface area (Å²) in [6, 6.07) is 16.2. The van der Waals surface area contributed by atoms with Crippen LogP contribution in [0.2, 0.25) is 0 Å². The van der Waals surface area contributed by atoms with Crippen molar-refractivity contribution in [1.29, 1.82) is 0 Å². The molecule has 8 heteroatoms. The topological polar surface area (TPSA) is 58.9 Å². The highest BCUT2D eigenvalue weighted by atomic mass is 16.5. The van der Waals surface area contributed by atoms with E-state index in [1.54, 1.807) is 42.7 Å². The molecule has 2 aromatic rings. The molecule has 0 fully saturated rings. The van der Waals surface area contributed by atoms with Crippen LogP contribution in [-0.4, -0.2) is 51.0 Å². The summed E-state index contributed by atoms with van der Waals surface area (Å²) in [7, 11) is 5.46. The van der Waals surface area contributed by atoms with Gasteiger partial charge in [0.05, 0.1) is 0 Å². The van der Waals surface area contributed by atoms with Crippen molar-refractivity contribution in [3.05, 3.63) is 59.7 Å². The minimum atomic E-state index is -0.855. The number of fused-ring (bicyclic) bond motifs is 3. The molecule has 0 spiro atoms. The van der Waals surface area contributed by atoms with Crippen LogP contribution in [0, 0.1) is 0 Å². The van der Waals surface area contributed by atoms with Gasteiger partial charge in [0.1, 0.15) is 0 Å². The zero-order valence-electron chi connectivity index (χ0n) is 16.1. The van der Waals surface area contributed by atoms with Crippen LogP contribution in [0.5, 0.6) is 0 Å². The summed E-state index contributed by atoms with van der Waals surface area (Å²) < 4.78 is 11.9. The van der Waals surface area contributed by atoms with E-state index in [0.29, 0.717) is 0 Å². The molecule has 0 bridgehead atoms. The lowest BCUT2D eigenvalue weighted by molar-refractivity contribution is 0.173. The minimum Gasteiger partial charge on any atom is -0.452 e. The van der Waals surface area contributed by atoms with E-state index < -0.39 is 16.2 Å². The molecular weight excluding hydrogens is 335 g/mol. The molecule has 4 radical (unpaired) electrons. The molecule has 2 aromatic carbocycles. The van der Waals surface area contributed by atoms with Gasteiger partial charge in [0.25, 0.3) is 0 Å². The zero-order chi connectivity index (χ0) is 19.7. The second-order valence-electron chi connectivity index (χ2n) is 7.90. The van der Waals surface area contributed by atoms with Gasteiger partial charge in [-0.2, -0.15) is 0 Å². The van der Waals surface area contributed by atoms with Gasteiger partial charge in [-0.1, -0.05) is 48.5 Å². The third kappa shape index (κ3) is 3.90. The van der Waals surface area contributed by atoms with Crippen LogP contribution >= 0.6 is 0 Å². The number of rotatable bonds is 8. The molecule has 3 rings (SSSR count). The zero-order valence-corrected chi connectivity index (χ0v) is 16.1. The molecule has 1 aliphatic carbocycles. The average molecular weight is 358 g/mol. The molecule has 4 nitrogen and oxygen atoms in total. The van der Waals surface area contributed by atoms with Crippen molar-refractivity contribution in [2.75, 3.05) is 0 Å². The molecular formula is C19H22B4O4. The van der Waals surface area contributed by atoms with Crippen molar-refractivity contribution in [3.8, 4) is 11.1 Å². The maximum absolute atomic E-state index is 9.49. The smallest absolute Gasteiger partial charge is 0.321 e. The molecule has 134 valence electrons. The van der Waals surface area contributed by atoms with E-state index >= 15 is 0 Å². The molecule has 0 atom stereocenters. The quantitative estimate of drug-likeness (QED) is 0.708. The molecule has 0 heterocycles. The van der Waals surface area contributed by atoms with Gasteiger partial charge in [-0.15, -0.1) is 0 Å². The molecule has 1 aliphatic rings. The minimum absolute atomic E-state index is 0.784. The van der Waals surface area contributed by atoms with Crippen LogP contribution < -0.4 is 0 Å². The molecule has 0 aliphatic heterocycles. The lowest BCUT2D eigenvalue weighted by atomic mass is 9.42. The first kappa shape index (κ1) is 20.3. The van der Waals surface area contributed by atoms with Crippen LogP contribution in [-0.2, 0) is 14.5 Å². The Morgan fingerprint density at radius 3 is 1.44 bits per heavy atom. The predicted molar refractivity (Wildman–Crippen MR) is 110 cm³/mol. The lowest BCUT2D eigenvalue weighted by Crippen LogP contribution is -2.49. The van der Waals surface area contributed by atoms with Gasteiger partial charge in [-0.05, 0) is 49.9 Å². The maximum Gasteiger partial charge on any atom is 0.321 e. The fourth-order valence-corrected chi connectivity index (χ4v) is 3.13. The SMILES string of the molecule is CC(C)([B]O)O[B]C1([B]OC(C)(C)[B]O)c2ccccc2-c2ccccc21. The van der Waals surface area contributed by atoms with Crippen molar-refractivity contribution in [2.24, 2.45) is 0 Å². The van der Waals surface area contributed by atoms with E-state index in [2.05, 4.69) is 12.1 Å². The largest absolute Gasteiger partial charge is 0.452 e. The normalized spacial score (nSPS) is 14.9. The summed E-state index contributed by atoms with van der Waals surface area (Å²) in [5, 5.41) is 18.2. The van der Waals surface area contributed by atoms with Crippen molar-refractivity contribution in [3.63, 3.8) is 0 Å². The van der Waals surface area contributed by atoms with Crippen molar-refractivity contribution < 1.29 is 19.4 Å². The van der Waals surface area contributed by atoms with E-state index in [1.165, 1.54) is 0 Å². The van der Waals surface area contributed by atoms with Crippen molar-refractivity contribution >= 4 is 29.9 Å². The molecule has 0 unspecified atom stereocenters. The first-order valence-corrected chi connectivity index (χ1v) is 8.96. The lowest BCUT2D eigenvalue weighted by Gasteiger charge is -2.35. The molecule has 0 amide bonds. The van der Waals surface area contributed by atoms with Crippen LogP contribution in [0.25, 0.3) is 11.1 Å².